The van der Waals surface area contributed by atoms with Gasteiger partial charge in [0.25, 0.3) is 5.91 Å². The maximum absolute atomic E-state index is 13.1. The molecule has 3 aliphatic heterocycles. The minimum atomic E-state index is -3.78. The summed E-state index contributed by atoms with van der Waals surface area (Å²) in [5, 5.41) is -0.661. The van der Waals surface area contributed by atoms with E-state index >= 15 is 0 Å². The van der Waals surface area contributed by atoms with Crippen LogP contribution in [0.2, 0.25) is 0 Å². The van der Waals surface area contributed by atoms with Crippen LogP contribution in [0.4, 0.5) is 0 Å². The molecule has 3 fully saturated rings. The van der Waals surface area contributed by atoms with Gasteiger partial charge in [0.1, 0.15) is 0 Å². The molecule has 3 aliphatic rings. The Hall–Kier alpha value is -1.49. The molecule has 10 heteroatoms. The van der Waals surface area contributed by atoms with Crippen LogP contribution in [0, 0.1) is 0 Å². The third-order valence-corrected chi connectivity index (χ3v) is 10.2. The standard InChI is InChI=1S/C21H31N3O5S2/c1-30(26,27)20-10-14-23(16-20)31(28,29)19-8-6-17(7-9-19)21(25)24-13-4-5-18(24)15-22-11-2-3-12-22/h6-9,18,20H,2-5,10-16H2,1H3. The van der Waals surface area contributed by atoms with Gasteiger partial charge < -0.3 is 9.80 Å². The van der Waals surface area contributed by atoms with Crippen molar-refractivity contribution >= 4 is 25.8 Å². The van der Waals surface area contributed by atoms with Gasteiger partial charge >= 0.3 is 0 Å². The van der Waals surface area contributed by atoms with Gasteiger partial charge in [-0.3, -0.25) is 4.79 Å². The molecule has 4 rings (SSSR count). The molecule has 3 heterocycles. The number of rotatable bonds is 6. The number of sulfone groups is 1. The summed E-state index contributed by atoms with van der Waals surface area (Å²) >= 11 is 0. The van der Waals surface area contributed by atoms with Gasteiger partial charge in [0.05, 0.1) is 10.1 Å². The van der Waals surface area contributed by atoms with E-state index in [9.17, 15) is 21.6 Å². The summed E-state index contributed by atoms with van der Waals surface area (Å²) in [6, 6.07) is 6.28. The molecule has 0 aliphatic carbocycles. The molecule has 0 spiro atoms. The van der Waals surface area contributed by atoms with E-state index in [4.69, 9.17) is 0 Å². The van der Waals surface area contributed by atoms with Crippen molar-refractivity contribution in [3.63, 3.8) is 0 Å². The number of nitrogens with zero attached hydrogens (tertiary/aromatic N) is 3. The van der Waals surface area contributed by atoms with Crippen LogP contribution in [-0.2, 0) is 19.9 Å². The Kier molecular flexibility index (Phi) is 6.44. The largest absolute Gasteiger partial charge is 0.334 e. The first-order valence-corrected chi connectivity index (χ1v) is 14.4. The van der Waals surface area contributed by atoms with E-state index < -0.39 is 25.1 Å². The molecule has 8 nitrogen and oxygen atoms in total. The van der Waals surface area contributed by atoms with Crippen molar-refractivity contribution in [2.75, 3.05) is 45.5 Å². The molecule has 1 aromatic rings. The second-order valence-corrected chi connectivity index (χ2v) is 13.2. The lowest BCUT2D eigenvalue weighted by molar-refractivity contribution is 0.0708. The van der Waals surface area contributed by atoms with Gasteiger partial charge in [-0.25, -0.2) is 16.8 Å². The SMILES string of the molecule is CS(=O)(=O)C1CCN(S(=O)(=O)c2ccc(C(=O)N3CCCC3CN3CCCC3)cc2)C1. The lowest BCUT2D eigenvalue weighted by Gasteiger charge is -2.28. The molecular weight excluding hydrogens is 438 g/mol. The van der Waals surface area contributed by atoms with E-state index in [-0.39, 0.29) is 29.9 Å². The molecule has 0 N–H and O–H groups in total. The number of hydrogen-bond donors (Lipinski definition) is 0. The van der Waals surface area contributed by atoms with Gasteiger partial charge in [-0.2, -0.15) is 4.31 Å². The lowest BCUT2D eigenvalue weighted by atomic mass is 10.1. The molecular formula is C21H31N3O5S2. The van der Waals surface area contributed by atoms with E-state index in [0.29, 0.717) is 12.0 Å². The highest BCUT2D eigenvalue weighted by molar-refractivity contribution is 7.91. The number of hydrogen-bond acceptors (Lipinski definition) is 6. The lowest BCUT2D eigenvalue weighted by Crippen LogP contribution is -2.42. The summed E-state index contributed by atoms with van der Waals surface area (Å²) in [6.45, 7) is 4.01. The minimum Gasteiger partial charge on any atom is -0.334 e. The summed E-state index contributed by atoms with van der Waals surface area (Å²) in [5.74, 6) is -0.0519. The van der Waals surface area contributed by atoms with Gasteiger partial charge in [-0.05, 0) is 69.5 Å². The van der Waals surface area contributed by atoms with E-state index in [1.54, 1.807) is 12.1 Å². The molecule has 3 saturated heterocycles. The molecule has 0 aromatic heterocycles. The summed E-state index contributed by atoms with van der Waals surface area (Å²) in [6.07, 6.45) is 5.89. The number of carbonyl (C=O) groups excluding carboxylic acids is 1. The molecule has 172 valence electrons. The van der Waals surface area contributed by atoms with E-state index in [1.807, 2.05) is 4.90 Å². The Labute approximate surface area is 185 Å². The predicted octanol–water partition coefficient (Wildman–Crippen LogP) is 1.19. The molecule has 1 amide bonds. The van der Waals surface area contributed by atoms with Crippen molar-refractivity contribution in [1.82, 2.24) is 14.1 Å². The zero-order valence-corrected chi connectivity index (χ0v) is 19.6. The summed E-state index contributed by atoms with van der Waals surface area (Å²) in [4.78, 5) is 17.5. The highest BCUT2D eigenvalue weighted by Crippen LogP contribution is 2.26. The quantitative estimate of drug-likeness (QED) is 0.621. The first kappa shape index (κ1) is 22.7. The predicted molar refractivity (Wildman–Crippen MR) is 118 cm³/mol. The third kappa shape index (κ3) is 4.81. The minimum absolute atomic E-state index is 0.0200. The maximum Gasteiger partial charge on any atom is 0.254 e. The molecule has 0 bridgehead atoms. The zero-order valence-electron chi connectivity index (χ0n) is 17.9. The van der Waals surface area contributed by atoms with Crippen molar-refractivity contribution in [3.8, 4) is 0 Å². The van der Waals surface area contributed by atoms with E-state index in [0.717, 1.165) is 45.3 Å². The van der Waals surface area contributed by atoms with Gasteiger partial charge in [-0.1, -0.05) is 0 Å². The monoisotopic (exact) mass is 469 g/mol. The molecule has 2 atom stereocenters. The topological polar surface area (TPSA) is 95.1 Å². The smallest absolute Gasteiger partial charge is 0.254 e. The van der Waals surface area contributed by atoms with Crippen LogP contribution >= 0.6 is 0 Å². The Morgan fingerprint density at radius 1 is 0.935 bits per heavy atom. The number of carbonyl (C=O) groups is 1. The fraction of sp³-hybridized carbons (Fsp3) is 0.667. The van der Waals surface area contributed by atoms with Crippen LogP contribution in [0.5, 0.6) is 0 Å². The Balaban J connectivity index is 1.44. The van der Waals surface area contributed by atoms with E-state index in [1.165, 1.54) is 29.3 Å². The van der Waals surface area contributed by atoms with Crippen molar-refractivity contribution in [2.45, 2.75) is 48.3 Å². The molecule has 1 aromatic carbocycles. The summed E-state index contributed by atoms with van der Waals surface area (Å²) in [7, 11) is -7.06. The van der Waals surface area contributed by atoms with Crippen molar-refractivity contribution in [2.24, 2.45) is 0 Å². The van der Waals surface area contributed by atoms with Crippen LogP contribution in [0.15, 0.2) is 29.2 Å². The zero-order chi connectivity index (χ0) is 22.2. The van der Waals surface area contributed by atoms with Crippen LogP contribution in [0.1, 0.15) is 42.5 Å². The molecule has 31 heavy (non-hydrogen) atoms. The van der Waals surface area contributed by atoms with Crippen LogP contribution in [-0.4, -0.2) is 93.7 Å². The van der Waals surface area contributed by atoms with Crippen LogP contribution < -0.4 is 0 Å². The van der Waals surface area contributed by atoms with Crippen molar-refractivity contribution in [3.05, 3.63) is 29.8 Å². The number of benzene rings is 1. The second kappa shape index (κ2) is 8.80. The first-order valence-electron chi connectivity index (χ1n) is 11.0. The van der Waals surface area contributed by atoms with Gasteiger partial charge in [0.2, 0.25) is 10.0 Å². The summed E-state index contributed by atoms with van der Waals surface area (Å²) < 4.78 is 50.6. The average molecular weight is 470 g/mol. The van der Waals surface area contributed by atoms with Crippen molar-refractivity contribution in [1.29, 1.82) is 0 Å². The number of sulfonamides is 1. The van der Waals surface area contributed by atoms with Gasteiger partial charge in [-0.15, -0.1) is 0 Å². The van der Waals surface area contributed by atoms with Crippen molar-refractivity contribution < 1.29 is 21.6 Å². The van der Waals surface area contributed by atoms with Gasteiger partial charge in [0, 0.05) is 44.0 Å². The normalized spacial score (nSPS) is 26.0. The Morgan fingerprint density at radius 3 is 2.23 bits per heavy atom. The third-order valence-electron chi connectivity index (χ3n) is 6.76. The fourth-order valence-electron chi connectivity index (χ4n) is 4.91. The average Bonchev–Trinajstić information content (AvgIpc) is 3.49. The molecule has 2 unspecified atom stereocenters. The highest BCUT2D eigenvalue weighted by Gasteiger charge is 2.37. The first-order chi connectivity index (χ1) is 14.7. The van der Waals surface area contributed by atoms with Crippen LogP contribution in [0.25, 0.3) is 0 Å². The second-order valence-electron chi connectivity index (χ2n) is 8.93. The van der Waals surface area contributed by atoms with Crippen LogP contribution in [0.3, 0.4) is 0 Å². The Morgan fingerprint density at radius 2 is 1.61 bits per heavy atom. The fourth-order valence-corrected chi connectivity index (χ4v) is 7.48. The maximum atomic E-state index is 13.1. The highest BCUT2D eigenvalue weighted by atomic mass is 32.2. The number of likely N-dealkylation sites (tertiary alicyclic amines) is 2. The Bertz CT molecular complexity index is 1020. The van der Waals surface area contributed by atoms with Gasteiger partial charge in [0.15, 0.2) is 9.84 Å². The molecule has 0 radical (unpaired) electrons. The molecule has 0 saturated carbocycles. The summed E-state index contributed by atoms with van der Waals surface area (Å²) in [5.41, 5.74) is 0.489. The van der Waals surface area contributed by atoms with E-state index in [2.05, 4.69) is 4.90 Å². The number of amides is 1.